The molecule has 1 atom stereocenters. The van der Waals surface area contributed by atoms with E-state index in [4.69, 9.17) is 16.3 Å². The highest BCUT2D eigenvalue weighted by Gasteiger charge is 2.51. The molecule has 1 aliphatic heterocycles. The molecule has 0 amide bonds. The van der Waals surface area contributed by atoms with E-state index in [0.717, 1.165) is 12.1 Å². The monoisotopic (exact) mass is 388 g/mol. The molecule has 0 bridgehead atoms. The second-order valence-corrected chi connectivity index (χ2v) is 8.45. The minimum absolute atomic E-state index is 0.0816. The number of hydrogen-bond acceptors (Lipinski definition) is 4. The lowest BCUT2D eigenvalue weighted by Crippen LogP contribution is -2.42. The Morgan fingerprint density at radius 2 is 1.76 bits per heavy atom. The van der Waals surface area contributed by atoms with Crippen LogP contribution in [-0.4, -0.2) is 26.7 Å². The van der Waals surface area contributed by atoms with Gasteiger partial charge in [-0.05, 0) is 42.8 Å². The van der Waals surface area contributed by atoms with Crippen molar-refractivity contribution in [2.75, 3.05) is 13.2 Å². The van der Waals surface area contributed by atoms with Crippen molar-refractivity contribution in [3.8, 4) is 5.75 Å². The van der Waals surface area contributed by atoms with Crippen LogP contribution in [-0.2, 0) is 14.6 Å². The van der Waals surface area contributed by atoms with Gasteiger partial charge in [-0.2, -0.15) is 0 Å². The number of aliphatic hydroxyl groups is 1. The largest absolute Gasteiger partial charge is 0.490 e. The number of ether oxygens (including phenoxy) is 1. The third kappa shape index (κ3) is 2.80. The van der Waals surface area contributed by atoms with Crippen LogP contribution in [0.2, 0.25) is 5.02 Å². The van der Waals surface area contributed by atoms with E-state index in [2.05, 4.69) is 0 Å². The van der Waals surface area contributed by atoms with Crippen LogP contribution in [0, 0.1) is 11.6 Å². The zero-order chi connectivity index (χ0) is 18.2. The first-order valence-corrected chi connectivity index (χ1v) is 9.42. The van der Waals surface area contributed by atoms with Gasteiger partial charge in [-0.15, -0.1) is 0 Å². The van der Waals surface area contributed by atoms with E-state index in [1.807, 2.05) is 0 Å². The lowest BCUT2D eigenvalue weighted by Gasteiger charge is -2.38. The summed E-state index contributed by atoms with van der Waals surface area (Å²) in [6.45, 7) is -0.623. The number of halogens is 3. The molecule has 3 rings (SSSR count). The Kier molecular flexibility index (Phi) is 4.74. The van der Waals surface area contributed by atoms with E-state index in [-0.39, 0.29) is 29.9 Å². The fourth-order valence-corrected chi connectivity index (χ4v) is 5.46. The SMILES string of the molecule is O=S(=O)(c1ccc(Cl)cc1)C1(CCO)CCOc2c(F)ccc(F)c21. The number of rotatable bonds is 4. The van der Waals surface area contributed by atoms with Gasteiger partial charge < -0.3 is 9.84 Å². The summed E-state index contributed by atoms with van der Waals surface area (Å²) in [5, 5.41) is 9.83. The van der Waals surface area contributed by atoms with Crippen molar-refractivity contribution in [3.05, 3.63) is 58.6 Å². The predicted molar refractivity (Wildman–Crippen MR) is 88.5 cm³/mol. The van der Waals surface area contributed by atoms with Crippen LogP contribution in [0.4, 0.5) is 8.78 Å². The highest BCUT2D eigenvalue weighted by molar-refractivity contribution is 7.92. The van der Waals surface area contributed by atoms with E-state index in [1.54, 1.807) is 0 Å². The van der Waals surface area contributed by atoms with Crippen LogP contribution in [0.1, 0.15) is 18.4 Å². The summed E-state index contributed by atoms with van der Waals surface area (Å²) in [6.07, 6.45) is -0.388. The summed E-state index contributed by atoms with van der Waals surface area (Å²) in [6, 6.07) is 7.18. The van der Waals surface area contributed by atoms with Gasteiger partial charge in [0.1, 0.15) is 10.6 Å². The summed E-state index contributed by atoms with van der Waals surface area (Å²) in [5.41, 5.74) is -0.372. The minimum Gasteiger partial charge on any atom is -0.490 e. The van der Waals surface area contributed by atoms with Crippen molar-refractivity contribution in [2.24, 2.45) is 0 Å². The molecular weight excluding hydrogens is 374 g/mol. The van der Waals surface area contributed by atoms with E-state index in [9.17, 15) is 22.3 Å². The van der Waals surface area contributed by atoms with E-state index in [1.165, 1.54) is 24.3 Å². The Morgan fingerprint density at radius 1 is 1.12 bits per heavy atom. The Bertz CT molecular complexity index is 900. The van der Waals surface area contributed by atoms with E-state index < -0.39 is 38.6 Å². The molecule has 1 unspecified atom stereocenters. The number of aliphatic hydroxyl groups excluding tert-OH is 1. The second kappa shape index (κ2) is 6.55. The Balaban J connectivity index is 2.30. The summed E-state index contributed by atoms with van der Waals surface area (Å²) >= 11 is 5.81. The molecular formula is C17H15ClF2O4S. The Labute approximate surface area is 148 Å². The highest BCUT2D eigenvalue weighted by Crippen LogP contribution is 2.49. The molecule has 1 heterocycles. The normalized spacial score (nSPS) is 20.0. The zero-order valence-corrected chi connectivity index (χ0v) is 14.6. The van der Waals surface area contributed by atoms with Gasteiger partial charge in [0.25, 0.3) is 0 Å². The number of fused-ring (bicyclic) bond motifs is 1. The third-order valence-electron chi connectivity index (χ3n) is 4.42. The minimum atomic E-state index is -4.16. The van der Waals surface area contributed by atoms with E-state index in [0.29, 0.717) is 5.02 Å². The molecule has 0 fully saturated rings. The molecule has 8 heteroatoms. The fraction of sp³-hybridized carbons (Fsp3) is 0.294. The first kappa shape index (κ1) is 18.1. The van der Waals surface area contributed by atoms with Crippen LogP contribution in [0.25, 0.3) is 0 Å². The first-order valence-electron chi connectivity index (χ1n) is 7.56. The van der Waals surface area contributed by atoms with Crippen LogP contribution in [0.5, 0.6) is 5.75 Å². The first-order chi connectivity index (χ1) is 11.8. The second-order valence-electron chi connectivity index (χ2n) is 5.76. The van der Waals surface area contributed by atoms with Crippen molar-refractivity contribution in [3.63, 3.8) is 0 Å². The van der Waals surface area contributed by atoms with Crippen LogP contribution < -0.4 is 4.74 Å². The average molecular weight is 389 g/mol. The van der Waals surface area contributed by atoms with E-state index >= 15 is 0 Å². The topological polar surface area (TPSA) is 63.6 Å². The maximum Gasteiger partial charge on any atom is 0.188 e. The third-order valence-corrected chi connectivity index (χ3v) is 7.21. The average Bonchev–Trinajstić information content (AvgIpc) is 2.59. The molecule has 134 valence electrons. The van der Waals surface area contributed by atoms with Gasteiger partial charge in [0, 0.05) is 18.1 Å². The smallest absolute Gasteiger partial charge is 0.188 e. The lowest BCUT2D eigenvalue weighted by molar-refractivity contribution is 0.200. The van der Waals surface area contributed by atoms with Crippen LogP contribution >= 0.6 is 11.6 Å². The van der Waals surface area contributed by atoms with Crippen LogP contribution in [0.3, 0.4) is 0 Å². The number of benzene rings is 2. The summed E-state index contributed by atoms with van der Waals surface area (Å²) < 4.78 is 58.7. The molecule has 0 aliphatic carbocycles. The van der Waals surface area contributed by atoms with Crippen LogP contribution in [0.15, 0.2) is 41.3 Å². The molecule has 1 N–H and O–H groups in total. The van der Waals surface area contributed by atoms with Gasteiger partial charge in [0.2, 0.25) is 0 Å². The Hall–Kier alpha value is -1.70. The standard InChI is InChI=1S/C17H15ClF2O4S/c18-11-1-3-12(4-2-11)25(22,23)17(7-9-21)8-10-24-16-14(20)6-5-13(19)15(16)17/h1-6,21H,7-10H2. The van der Waals surface area contributed by atoms with Crippen molar-refractivity contribution in [1.29, 1.82) is 0 Å². The van der Waals surface area contributed by atoms with Crippen molar-refractivity contribution in [2.45, 2.75) is 22.5 Å². The summed E-state index contributed by atoms with van der Waals surface area (Å²) in [4.78, 5) is -0.0816. The van der Waals surface area contributed by atoms with Crippen molar-refractivity contribution < 1.29 is 27.0 Å². The molecule has 4 nitrogen and oxygen atoms in total. The maximum atomic E-state index is 14.6. The van der Waals surface area contributed by atoms with Crippen molar-refractivity contribution in [1.82, 2.24) is 0 Å². The predicted octanol–water partition coefficient (Wildman–Crippen LogP) is 3.45. The van der Waals surface area contributed by atoms with Gasteiger partial charge in [-0.1, -0.05) is 11.6 Å². The zero-order valence-electron chi connectivity index (χ0n) is 13.0. The highest BCUT2D eigenvalue weighted by atomic mass is 35.5. The molecule has 2 aromatic rings. The quantitative estimate of drug-likeness (QED) is 0.871. The molecule has 0 spiro atoms. The van der Waals surface area contributed by atoms with Gasteiger partial charge in [-0.3, -0.25) is 0 Å². The lowest BCUT2D eigenvalue weighted by atomic mass is 9.88. The Morgan fingerprint density at radius 3 is 2.40 bits per heavy atom. The number of sulfone groups is 1. The molecule has 1 aliphatic rings. The molecule has 0 saturated carbocycles. The van der Waals surface area contributed by atoms with Gasteiger partial charge in [-0.25, -0.2) is 17.2 Å². The molecule has 2 aromatic carbocycles. The molecule has 0 radical (unpaired) electrons. The van der Waals surface area contributed by atoms with Gasteiger partial charge >= 0.3 is 0 Å². The molecule has 25 heavy (non-hydrogen) atoms. The van der Waals surface area contributed by atoms with Crippen molar-refractivity contribution >= 4 is 21.4 Å². The fourth-order valence-electron chi connectivity index (χ4n) is 3.21. The molecule has 0 saturated heterocycles. The summed E-state index contributed by atoms with van der Waals surface area (Å²) in [7, 11) is -4.16. The molecule has 0 aromatic heterocycles. The van der Waals surface area contributed by atoms with Gasteiger partial charge in [0.05, 0.1) is 17.1 Å². The van der Waals surface area contributed by atoms with Gasteiger partial charge in [0.15, 0.2) is 21.4 Å². The number of hydrogen-bond donors (Lipinski definition) is 1. The maximum absolute atomic E-state index is 14.6. The summed E-state index contributed by atoms with van der Waals surface area (Å²) in [5.74, 6) is -2.15.